The maximum atomic E-state index is 13.7. The van der Waals surface area contributed by atoms with E-state index in [0.717, 1.165) is 38.3 Å². The van der Waals surface area contributed by atoms with Gasteiger partial charge in [0.25, 0.3) is 5.91 Å². The molecule has 6 heteroatoms. The zero-order chi connectivity index (χ0) is 17.8. The number of hydrogen-bond acceptors (Lipinski definition) is 3. The molecule has 4 nitrogen and oxygen atoms in total. The van der Waals surface area contributed by atoms with Crippen molar-refractivity contribution in [3.05, 3.63) is 53.9 Å². The Hall–Kier alpha value is -2.50. The number of nitrogens with one attached hydrogen (secondary N) is 1. The van der Waals surface area contributed by atoms with E-state index in [1.807, 2.05) is 4.90 Å². The van der Waals surface area contributed by atoms with Crippen LogP contribution in [0.3, 0.4) is 0 Å². The van der Waals surface area contributed by atoms with Gasteiger partial charge in [0.15, 0.2) is 0 Å². The number of carbonyl (C=O) groups excluding carboxylic acids is 1. The lowest BCUT2D eigenvalue weighted by molar-refractivity contribution is 0.0602. The van der Waals surface area contributed by atoms with Gasteiger partial charge in [0.05, 0.1) is 17.6 Å². The summed E-state index contributed by atoms with van der Waals surface area (Å²) in [7, 11) is 0. The lowest BCUT2D eigenvalue weighted by Gasteiger charge is -2.35. The molecule has 1 aromatic carbocycles. The molecule has 0 spiro atoms. The van der Waals surface area contributed by atoms with Gasteiger partial charge in [-0.15, -0.1) is 0 Å². The van der Waals surface area contributed by atoms with Crippen LogP contribution >= 0.6 is 0 Å². The summed E-state index contributed by atoms with van der Waals surface area (Å²) in [6, 6.07) is 6.89. The highest BCUT2D eigenvalue weighted by molar-refractivity contribution is 5.92. The fourth-order valence-corrected chi connectivity index (χ4v) is 3.18. The number of nitrogens with zero attached hydrogens (tertiary/aromatic N) is 2. The topological polar surface area (TPSA) is 45.2 Å². The molecule has 1 aromatic heterocycles. The van der Waals surface area contributed by atoms with Crippen molar-refractivity contribution in [1.82, 2.24) is 9.88 Å². The van der Waals surface area contributed by atoms with Crippen LogP contribution in [0.1, 0.15) is 43.1 Å². The third-order valence-electron chi connectivity index (χ3n) is 4.55. The molecular weight excluding hydrogens is 324 g/mol. The molecule has 2 aromatic rings. The van der Waals surface area contributed by atoms with Crippen molar-refractivity contribution in [3.63, 3.8) is 0 Å². The first-order valence-corrected chi connectivity index (χ1v) is 8.57. The molecule has 0 saturated carbocycles. The molecule has 0 bridgehead atoms. The normalized spacial score (nSPS) is 17.4. The number of pyridine rings is 1. The molecule has 1 amide bonds. The standard InChI is InChI=1S/C19H21F2N3O/c1-2-15-5-3-4-10-24(15)19(25)18-9-7-14(12-22-18)23-17-8-6-13(20)11-16(17)21/h6-9,11-12,15,23H,2-5,10H2,1H3. The third-order valence-corrected chi connectivity index (χ3v) is 4.55. The number of likely N-dealkylation sites (tertiary alicyclic amines) is 1. The van der Waals surface area contributed by atoms with Crippen LogP contribution in [-0.4, -0.2) is 28.4 Å². The highest BCUT2D eigenvalue weighted by Crippen LogP contribution is 2.23. The summed E-state index contributed by atoms with van der Waals surface area (Å²) < 4.78 is 26.6. The summed E-state index contributed by atoms with van der Waals surface area (Å²) in [6.07, 6.45) is 5.63. The van der Waals surface area contributed by atoms with Crippen LogP contribution in [0.4, 0.5) is 20.2 Å². The lowest BCUT2D eigenvalue weighted by atomic mass is 9.99. The van der Waals surface area contributed by atoms with Gasteiger partial charge in [-0.2, -0.15) is 0 Å². The number of anilines is 2. The predicted molar refractivity (Wildman–Crippen MR) is 92.8 cm³/mol. The summed E-state index contributed by atoms with van der Waals surface area (Å²) in [5.41, 5.74) is 1.07. The first-order valence-electron chi connectivity index (χ1n) is 8.57. The minimum Gasteiger partial charge on any atom is -0.352 e. The van der Waals surface area contributed by atoms with Crippen LogP contribution in [0, 0.1) is 11.6 Å². The van der Waals surface area contributed by atoms with Crippen molar-refractivity contribution in [2.45, 2.75) is 38.6 Å². The van der Waals surface area contributed by atoms with Crippen LogP contribution in [0.15, 0.2) is 36.5 Å². The maximum absolute atomic E-state index is 13.7. The molecule has 1 saturated heterocycles. The van der Waals surface area contributed by atoms with E-state index in [9.17, 15) is 13.6 Å². The molecule has 3 rings (SSSR count). The van der Waals surface area contributed by atoms with Gasteiger partial charge in [0, 0.05) is 18.7 Å². The first-order chi connectivity index (χ1) is 12.1. The Morgan fingerprint density at radius 1 is 1.28 bits per heavy atom. The number of benzene rings is 1. The van der Waals surface area contributed by atoms with Crippen molar-refractivity contribution in [2.24, 2.45) is 0 Å². The molecule has 1 unspecified atom stereocenters. The summed E-state index contributed by atoms with van der Waals surface area (Å²) in [4.78, 5) is 18.8. The molecule has 1 fully saturated rings. The quantitative estimate of drug-likeness (QED) is 0.887. The van der Waals surface area contributed by atoms with E-state index in [4.69, 9.17) is 0 Å². The summed E-state index contributed by atoms with van der Waals surface area (Å²) in [6.45, 7) is 2.85. The highest BCUT2D eigenvalue weighted by Gasteiger charge is 2.26. The molecule has 1 N–H and O–H groups in total. The second-order valence-corrected chi connectivity index (χ2v) is 6.24. The fourth-order valence-electron chi connectivity index (χ4n) is 3.18. The molecule has 1 atom stereocenters. The Bertz CT molecular complexity index is 749. The van der Waals surface area contributed by atoms with Gasteiger partial charge in [-0.3, -0.25) is 4.79 Å². The molecule has 1 aliphatic heterocycles. The number of carbonyl (C=O) groups is 1. The minimum atomic E-state index is -0.681. The van der Waals surface area contributed by atoms with Crippen LogP contribution < -0.4 is 5.32 Å². The Balaban J connectivity index is 1.72. The summed E-state index contributed by atoms with van der Waals surface area (Å²) in [5.74, 6) is -1.38. The average molecular weight is 345 g/mol. The average Bonchev–Trinajstić information content (AvgIpc) is 2.64. The zero-order valence-corrected chi connectivity index (χ0v) is 14.1. The summed E-state index contributed by atoms with van der Waals surface area (Å²) in [5, 5.41) is 2.84. The SMILES string of the molecule is CCC1CCCCN1C(=O)c1ccc(Nc2ccc(F)cc2F)cn1. The van der Waals surface area contributed by atoms with Gasteiger partial charge < -0.3 is 10.2 Å². The first kappa shape index (κ1) is 17.3. The number of halogens is 2. The second-order valence-electron chi connectivity index (χ2n) is 6.24. The van der Waals surface area contributed by atoms with E-state index in [-0.39, 0.29) is 17.6 Å². The van der Waals surface area contributed by atoms with E-state index >= 15 is 0 Å². The predicted octanol–water partition coefficient (Wildman–Crippen LogP) is 4.51. The van der Waals surface area contributed by atoms with Gasteiger partial charge in [-0.25, -0.2) is 13.8 Å². The van der Waals surface area contributed by atoms with Crippen LogP contribution in [0.5, 0.6) is 0 Å². The smallest absolute Gasteiger partial charge is 0.272 e. The van der Waals surface area contributed by atoms with Crippen molar-refractivity contribution in [3.8, 4) is 0 Å². The number of rotatable bonds is 4. The van der Waals surface area contributed by atoms with Gasteiger partial charge in [0.1, 0.15) is 17.3 Å². The monoisotopic (exact) mass is 345 g/mol. The highest BCUT2D eigenvalue weighted by atomic mass is 19.1. The van der Waals surface area contributed by atoms with Crippen molar-refractivity contribution in [2.75, 3.05) is 11.9 Å². The van der Waals surface area contributed by atoms with Gasteiger partial charge in [-0.1, -0.05) is 6.92 Å². The molecule has 1 aliphatic rings. The van der Waals surface area contributed by atoms with E-state index in [0.29, 0.717) is 11.4 Å². The number of hydrogen-bond donors (Lipinski definition) is 1. The molecule has 2 heterocycles. The second kappa shape index (κ2) is 7.59. The number of amides is 1. The van der Waals surface area contributed by atoms with Crippen molar-refractivity contribution < 1.29 is 13.6 Å². The van der Waals surface area contributed by atoms with Gasteiger partial charge >= 0.3 is 0 Å². The Morgan fingerprint density at radius 3 is 2.80 bits per heavy atom. The lowest BCUT2D eigenvalue weighted by Crippen LogP contribution is -2.43. The molecule has 0 aliphatic carbocycles. The van der Waals surface area contributed by atoms with Crippen molar-refractivity contribution >= 4 is 17.3 Å². The van der Waals surface area contributed by atoms with Gasteiger partial charge in [-0.05, 0) is 49.9 Å². The molecule has 25 heavy (non-hydrogen) atoms. The van der Waals surface area contributed by atoms with E-state index < -0.39 is 11.6 Å². The number of piperidine rings is 1. The Labute approximate surface area is 145 Å². The zero-order valence-electron chi connectivity index (χ0n) is 14.1. The Kier molecular flexibility index (Phi) is 5.26. The minimum absolute atomic E-state index is 0.0638. The van der Waals surface area contributed by atoms with E-state index in [1.165, 1.54) is 18.3 Å². The van der Waals surface area contributed by atoms with Crippen LogP contribution in [0.2, 0.25) is 0 Å². The molecule has 132 valence electrons. The largest absolute Gasteiger partial charge is 0.352 e. The summed E-state index contributed by atoms with van der Waals surface area (Å²) >= 11 is 0. The fraction of sp³-hybridized carbons (Fsp3) is 0.368. The van der Waals surface area contributed by atoms with Crippen molar-refractivity contribution in [1.29, 1.82) is 0 Å². The third kappa shape index (κ3) is 3.95. The van der Waals surface area contributed by atoms with Crippen LogP contribution in [-0.2, 0) is 0 Å². The molecular formula is C19H21F2N3O. The van der Waals surface area contributed by atoms with E-state index in [2.05, 4.69) is 17.2 Å². The molecule has 0 radical (unpaired) electrons. The van der Waals surface area contributed by atoms with Gasteiger partial charge in [0.2, 0.25) is 0 Å². The Morgan fingerprint density at radius 2 is 2.12 bits per heavy atom. The van der Waals surface area contributed by atoms with Crippen LogP contribution in [0.25, 0.3) is 0 Å². The van der Waals surface area contributed by atoms with E-state index in [1.54, 1.807) is 12.1 Å². The maximum Gasteiger partial charge on any atom is 0.272 e. The number of aromatic nitrogens is 1.